The summed E-state index contributed by atoms with van der Waals surface area (Å²) in [6.07, 6.45) is 0.778. The fraction of sp³-hybridized carbons (Fsp3) is 0.294. The molecule has 0 amide bonds. The van der Waals surface area contributed by atoms with Gasteiger partial charge in [-0.3, -0.25) is 0 Å². The van der Waals surface area contributed by atoms with Gasteiger partial charge < -0.3 is 0 Å². The van der Waals surface area contributed by atoms with E-state index in [9.17, 15) is 8.42 Å². The van der Waals surface area contributed by atoms with E-state index in [1.54, 1.807) is 10.4 Å². The summed E-state index contributed by atoms with van der Waals surface area (Å²) in [5, 5.41) is 0. The van der Waals surface area contributed by atoms with Gasteiger partial charge in [-0.15, -0.1) is 0 Å². The van der Waals surface area contributed by atoms with E-state index in [-0.39, 0.29) is 0 Å². The first-order valence-corrected chi connectivity index (χ1v) is 8.57. The zero-order valence-electron chi connectivity index (χ0n) is 12.3. The first kappa shape index (κ1) is 14.3. The zero-order valence-corrected chi connectivity index (χ0v) is 13.2. The summed E-state index contributed by atoms with van der Waals surface area (Å²) in [6, 6.07) is 13.6. The molecule has 21 heavy (non-hydrogen) atoms. The second-order valence-corrected chi connectivity index (χ2v) is 7.53. The first-order valence-electron chi connectivity index (χ1n) is 7.12. The highest BCUT2D eigenvalue weighted by molar-refractivity contribution is 7.89. The fourth-order valence-corrected chi connectivity index (χ4v) is 4.53. The van der Waals surface area contributed by atoms with Crippen LogP contribution in [0.25, 0.3) is 0 Å². The van der Waals surface area contributed by atoms with Crippen LogP contribution in [0, 0.1) is 13.8 Å². The maximum atomic E-state index is 12.9. The minimum atomic E-state index is -3.42. The molecule has 0 unspecified atom stereocenters. The molecule has 0 N–H and O–H groups in total. The summed E-state index contributed by atoms with van der Waals surface area (Å²) in [5.74, 6) is 0. The topological polar surface area (TPSA) is 37.4 Å². The van der Waals surface area contributed by atoms with Crippen molar-refractivity contribution in [2.75, 3.05) is 6.54 Å². The monoisotopic (exact) mass is 301 g/mol. The van der Waals surface area contributed by atoms with Crippen LogP contribution in [0.4, 0.5) is 0 Å². The molecule has 0 atom stereocenters. The van der Waals surface area contributed by atoms with Crippen LogP contribution < -0.4 is 0 Å². The van der Waals surface area contributed by atoms with Crippen molar-refractivity contribution in [3.63, 3.8) is 0 Å². The van der Waals surface area contributed by atoms with Gasteiger partial charge in [-0.05, 0) is 43.0 Å². The van der Waals surface area contributed by atoms with E-state index in [1.165, 1.54) is 5.56 Å². The Labute approximate surface area is 126 Å². The molecule has 0 aliphatic carbocycles. The number of hydrogen-bond acceptors (Lipinski definition) is 2. The molecule has 3 rings (SSSR count). The number of aryl methyl sites for hydroxylation is 2. The summed E-state index contributed by atoms with van der Waals surface area (Å²) in [5.41, 5.74) is 4.26. The zero-order chi connectivity index (χ0) is 15.0. The number of fused-ring (bicyclic) bond motifs is 1. The highest BCUT2D eigenvalue weighted by Crippen LogP contribution is 2.26. The summed E-state index contributed by atoms with van der Waals surface area (Å²) in [6.45, 7) is 4.84. The van der Waals surface area contributed by atoms with Crippen molar-refractivity contribution in [2.24, 2.45) is 0 Å². The lowest BCUT2D eigenvalue weighted by atomic mass is 10.0. The molecule has 1 aliphatic rings. The molecule has 4 heteroatoms. The maximum absolute atomic E-state index is 12.9. The van der Waals surface area contributed by atoms with Gasteiger partial charge in [0.1, 0.15) is 0 Å². The van der Waals surface area contributed by atoms with Crippen molar-refractivity contribution in [1.29, 1.82) is 0 Å². The number of hydrogen-bond donors (Lipinski definition) is 0. The lowest BCUT2D eigenvalue weighted by molar-refractivity contribution is 0.391. The van der Waals surface area contributed by atoms with E-state index in [2.05, 4.69) is 6.07 Å². The van der Waals surface area contributed by atoms with Gasteiger partial charge in [0, 0.05) is 13.1 Å². The van der Waals surface area contributed by atoms with Crippen molar-refractivity contribution >= 4 is 10.0 Å². The second kappa shape index (κ2) is 5.28. The number of rotatable bonds is 2. The molecule has 0 saturated carbocycles. The maximum Gasteiger partial charge on any atom is 0.243 e. The first-order chi connectivity index (χ1) is 9.98. The minimum absolute atomic E-state index is 0.424. The average Bonchev–Trinajstić information content (AvgIpc) is 2.46. The smallest absolute Gasteiger partial charge is 0.207 e. The molecule has 0 saturated heterocycles. The van der Waals surface area contributed by atoms with Crippen LogP contribution in [0.3, 0.4) is 0 Å². The number of sulfonamides is 1. The van der Waals surface area contributed by atoms with Crippen LogP contribution in [0.2, 0.25) is 0 Å². The highest BCUT2D eigenvalue weighted by atomic mass is 32.2. The third-order valence-corrected chi connectivity index (χ3v) is 6.05. The van der Waals surface area contributed by atoms with Crippen molar-refractivity contribution in [1.82, 2.24) is 4.31 Å². The highest BCUT2D eigenvalue weighted by Gasteiger charge is 2.29. The van der Waals surface area contributed by atoms with Gasteiger partial charge >= 0.3 is 0 Å². The van der Waals surface area contributed by atoms with Crippen LogP contribution in [0.5, 0.6) is 0 Å². The normalized spacial score (nSPS) is 15.7. The van der Waals surface area contributed by atoms with E-state index < -0.39 is 10.0 Å². The molecule has 110 valence electrons. The molecule has 1 aliphatic heterocycles. The Morgan fingerprint density at radius 3 is 2.43 bits per heavy atom. The van der Waals surface area contributed by atoms with Crippen molar-refractivity contribution in [3.05, 3.63) is 64.7 Å². The Hall–Kier alpha value is -1.65. The van der Waals surface area contributed by atoms with Crippen molar-refractivity contribution < 1.29 is 8.42 Å². The predicted octanol–water partition coefficient (Wildman–Crippen LogP) is 3.05. The standard InChI is InChI=1S/C17H19NO2S/c1-13-7-8-17(14(2)11-13)21(19,20)18-10-9-15-5-3-4-6-16(15)12-18/h3-8,11H,9-10,12H2,1-2H3. The Morgan fingerprint density at radius 2 is 1.71 bits per heavy atom. The molecule has 0 spiro atoms. The third-order valence-electron chi connectivity index (χ3n) is 4.04. The molecule has 0 bridgehead atoms. The summed E-state index contributed by atoms with van der Waals surface area (Å²) in [4.78, 5) is 0.424. The van der Waals surface area contributed by atoms with Gasteiger partial charge in [0.2, 0.25) is 10.0 Å². The van der Waals surface area contributed by atoms with Gasteiger partial charge in [-0.1, -0.05) is 42.0 Å². The quantitative estimate of drug-likeness (QED) is 0.855. The molecule has 1 heterocycles. The van der Waals surface area contributed by atoms with E-state index in [0.29, 0.717) is 18.0 Å². The van der Waals surface area contributed by atoms with Crippen LogP contribution >= 0.6 is 0 Å². The largest absolute Gasteiger partial charge is 0.243 e. The van der Waals surface area contributed by atoms with E-state index in [4.69, 9.17) is 0 Å². The SMILES string of the molecule is Cc1ccc(S(=O)(=O)N2CCc3ccccc3C2)c(C)c1. The summed E-state index contributed by atoms with van der Waals surface area (Å²) in [7, 11) is -3.42. The summed E-state index contributed by atoms with van der Waals surface area (Å²) >= 11 is 0. The van der Waals surface area contributed by atoms with Crippen molar-refractivity contribution in [3.8, 4) is 0 Å². The second-order valence-electron chi connectivity index (χ2n) is 5.63. The average molecular weight is 301 g/mol. The molecule has 2 aromatic carbocycles. The third kappa shape index (κ3) is 2.61. The van der Waals surface area contributed by atoms with Crippen LogP contribution in [-0.2, 0) is 23.0 Å². The molecule has 0 radical (unpaired) electrons. The molecule has 0 aromatic heterocycles. The Morgan fingerprint density at radius 1 is 1.00 bits per heavy atom. The van der Waals surface area contributed by atoms with Crippen LogP contribution in [-0.4, -0.2) is 19.3 Å². The van der Waals surface area contributed by atoms with Gasteiger partial charge in [0.05, 0.1) is 4.90 Å². The molecule has 3 nitrogen and oxygen atoms in total. The van der Waals surface area contributed by atoms with E-state index in [1.807, 2.05) is 44.2 Å². The van der Waals surface area contributed by atoms with E-state index in [0.717, 1.165) is 23.1 Å². The Kier molecular flexibility index (Phi) is 3.59. The molecule has 0 fully saturated rings. The van der Waals surface area contributed by atoms with Crippen LogP contribution in [0.15, 0.2) is 47.4 Å². The van der Waals surface area contributed by atoms with Crippen molar-refractivity contribution in [2.45, 2.75) is 31.7 Å². The van der Waals surface area contributed by atoms with Gasteiger partial charge in [0.15, 0.2) is 0 Å². The van der Waals surface area contributed by atoms with Gasteiger partial charge in [-0.25, -0.2) is 8.42 Å². The lowest BCUT2D eigenvalue weighted by Gasteiger charge is -2.28. The lowest BCUT2D eigenvalue weighted by Crippen LogP contribution is -2.36. The Balaban J connectivity index is 1.97. The predicted molar refractivity (Wildman–Crippen MR) is 83.7 cm³/mol. The minimum Gasteiger partial charge on any atom is -0.207 e. The van der Waals surface area contributed by atoms with Gasteiger partial charge in [0.25, 0.3) is 0 Å². The number of nitrogens with zero attached hydrogens (tertiary/aromatic N) is 1. The van der Waals surface area contributed by atoms with Crippen LogP contribution in [0.1, 0.15) is 22.3 Å². The molecular weight excluding hydrogens is 282 g/mol. The summed E-state index contributed by atoms with van der Waals surface area (Å²) < 4.78 is 27.3. The Bertz CT molecular complexity index is 781. The molecular formula is C17H19NO2S. The van der Waals surface area contributed by atoms with Gasteiger partial charge in [-0.2, -0.15) is 4.31 Å². The fourth-order valence-electron chi connectivity index (χ4n) is 2.90. The van der Waals surface area contributed by atoms with E-state index >= 15 is 0 Å². The molecule has 2 aromatic rings. The number of benzene rings is 2.